The first kappa shape index (κ1) is 23.2. The third-order valence-corrected chi connectivity index (χ3v) is 8.73. The molecule has 0 amide bonds. The van der Waals surface area contributed by atoms with Crippen molar-refractivity contribution in [3.8, 4) is 0 Å². The molecule has 0 heterocycles. The predicted octanol–water partition coefficient (Wildman–Crippen LogP) is 8.10. The van der Waals surface area contributed by atoms with E-state index in [1.54, 1.807) is 0 Å². The molecule has 0 unspecified atom stereocenters. The number of hydrogen-bond donors (Lipinski definition) is 2. The number of rotatable bonds is 8. The summed E-state index contributed by atoms with van der Waals surface area (Å²) in [4.78, 5) is 0. The molecule has 174 valence electrons. The van der Waals surface area contributed by atoms with Gasteiger partial charge in [0.1, 0.15) is 0 Å². The van der Waals surface area contributed by atoms with E-state index in [2.05, 4.69) is 55.5 Å². The van der Waals surface area contributed by atoms with Crippen LogP contribution >= 0.6 is 0 Å². The highest BCUT2D eigenvalue weighted by atomic mass is 14.5. The van der Waals surface area contributed by atoms with Gasteiger partial charge in [0, 0.05) is 16.8 Å². The van der Waals surface area contributed by atoms with Crippen LogP contribution in [0.4, 0.5) is 11.4 Å². The van der Waals surface area contributed by atoms with Crippen LogP contribution in [-0.4, -0.2) is 0 Å². The molecule has 0 saturated heterocycles. The van der Waals surface area contributed by atoms with E-state index in [0.717, 1.165) is 29.1 Å². The minimum Gasteiger partial charge on any atom is -0.399 e. The van der Waals surface area contributed by atoms with Gasteiger partial charge in [-0.3, -0.25) is 0 Å². The zero-order valence-electron chi connectivity index (χ0n) is 20.2. The number of unbranched alkanes of at least 4 members (excludes halogenated alkanes) is 2. The second kappa shape index (κ2) is 10.8. The Kier molecular flexibility index (Phi) is 7.81. The Hall–Kier alpha value is -1.96. The molecule has 0 atom stereocenters. The van der Waals surface area contributed by atoms with E-state index in [1.807, 2.05) is 0 Å². The zero-order chi connectivity index (χ0) is 22.4. The van der Waals surface area contributed by atoms with Gasteiger partial charge in [-0.1, -0.05) is 82.6 Å². The van der Waals surface area contributed by atoms with E-state index in [4.69, 9.17) is 11.5 Å². The van der Waals surface area contributed by atoms with Gasteiger partial charge < -0.3 is 11.5 Å². The molecule has 0 radical (unpaired) electrons. The van der Waals surface area contributed by atoms with Gasteiger partial charge in [-0.2, -0.15) is 0 Å². The van der Waals surface area contributed by atoms with Crippen molar-refractivity contribution >= 4 is 11.4 Å². The highest BCUT2D eigenvalue weighted by Crippen LogP contribution is 2.49. The molecule has 0 spiro atoms. The summed E-state index contributed by atoms with van der Waals surface area (Å²) in [5.74, 6) is 2.89. The molecular formula is C30H44N2. The molecule has 2 aliphatic rings. The maximum Gasteiger partial charge on any atom is 0.0314 e. The van der Waals surface area contributed by atoms with Crippen LogP contribution in [-0.2, 0) is 5.41 Å². The molecule has 2 aliphatic carbocycles. The zero-order valence-corrected chi connectivity index (χ0v) is 20.2. The molecule has 2 aromatic rings. The Balaban J connectivity index is 1.37. The van der Waals surface area contributed by atoms with Gasteiger partial charge in [-0.15, -0.1) is 0 Å². The summed E-state index contributed by atoms with van der Waals surface area (Å²) in [5.41, 5.74) is 16.7. The molecule has 2 fully saturated rings. The van der Waals surface area contributed by atoms with Crippen LogP contribution in [0.25, 0.3) is 0 Å². The van der Waals surface area contributed by atoms with E-state index >= 15 is 0 Å². The van der Waals surface area contributed by atoms with E-state index < -0.39 is 0 Å². The minimum absolute atomic E-state index is 0.106. The molecule has 2 nitrogen and oxygen atoms in total. The molecule has 2 heteroatoms. The fourth-order valence-corrected chi connectivity index (χ4v) is 6.66. The van der Waals surface area contributed by atoms with Crippen molar-refractivity contribution < 1.29 is 0 Å². The van der Waals surface area contributed by atoms with Crippen LogP contribution < -0.4 is 11.5 Å². The lowest BCUT2D eigenvalue weighted by molar-refractivity contribution is 0.184. The Morgan fingerprint density at radius 2 is 1.12 bits per heavy atom. The molecule has 4 rings (SSSR count). The molecule has 32 heavy (non-hydrogen) atoms. The van der Waals surface area contributed by atoms with Crippen molar-refractivity contribution in [1.29, 1.82) is 0 Å². The minimum atomic E-state index is 0.106. The first-order valence-electron chi connectivity index (χ1n) is 13.3. The lowest BCUT2D eigenvalue weighted by atomic mass is 9.61. The number of nitrogens with two attached hydrogens (primary N) is 2. The van der Waals surface area contributed by atoms with Crippen LogP contribution in [0.2, 0.25) is 0 Å². The average Bonchev–Trinajstić information content (AvgIpc) is 2.82. The van der Waals surface area contributed by atoms with Crippen molar-refractivity contribution in [2.24, 2.45) is 17.8 Å². The van der Waals surface area contributed by atoms with Gasteiger partial charge >= 0.3 is 0 Å². The maximum atomic E-state index is 6.01. The van der Waals surface area contributed by atoms with Gasteiger partial charge in [-0.25, -0.2) is 0 Å². The standard InChI is InChI=1S/C30H44N2/c1-2-3-4-5-23-6-8-24(9-7-23)22-25-18-20-30(21-19-25,26-10-14-28(31)15-11-26)27-12-16-29(32)17-13-27/h10-17,23-25H,2-9,18-22,31-32H2,1H3. The second-order valence-electron chi connectivity index (χ2n) is 10.9. The molecule has 0 bridgehead atoms. The lowest BCUT2D eigenvalue weighted by Gasteiger charge is -2.42. The first-order valence-corrected chi connectivity index (χ1v) is 13.3. The SMILES string of the molecule is CCCCCC1CCC(CC2CCC(c3ccc(N)cc3)(c3ccc(N)cc3)CC2)CC1. The van der Waals surface area contributed by atoms with Crippen molar-refractivity contribution in [2.75, 3.05) is 11.5 Å². The Morgan fingerprint density at radius 1 is 0.656 bits per heavy atom. The summed E-state index contributed by atoms with van der Waals surface area (Å²) in [6.07, 6.45) is 18.2. The number of nitrogen functional groups attached to an aromatic ring is 2. The normalized spacial score (nSPS) is 23.8. The summed E-state index contributed by atoms with van der Waals surface area (Å²) in [5, 5.41) is 0. The smallest absolute Gasteiger partial charge is 0.0314 e. The predicted molar refractivity (Wildman–Crippen MR) is 139 cm³/mol. The van der Waals surface area contributed by atoms with E-state index in [0.29, 0.717) is 0 Å². The highest BCUT2D eigenvalue weighted by molar-refractivity contribution is 5.49. The van der Waals surface area contributed by atoms with Crippen LogP contribution in [0, 0.1) is 17.8 Å². The summed E-state index contributed by atoms with van der Waals surface area (Å²) in [7, 11) is 0. The Bertz CT molecular complexity index is 759. The van der Waals surface area contributed by atoms with Gasteiger partial charge in [0.2, 0.25) is 0 Å². The summed E-state index contributed by atoms with van der Waals surface area (Å²) < 4.78 is 0. The second-order valence-corrected chi connectivity index (χ2v) is 10.9. The third kappa shape index (κ3) is 5.50. The molecule has 0 aliphatic heterocycles. The molecule has 4 N–H and O–H groups in total. The number of anilines is 2. The highest BCUT2D eigenvalue weighted by Gasteiger charge is 2.39. The van der Waals surface area contributed by atoms with Gasteiger partial charge in [-0.05, 0) is 85.3 Å². The number of benzene rings is 2. The van der Waals surface area contributed by atoms with Crippen LogP contribution in [0.1, 0.15) is 102 Å². The fraction of sp³-hybridized carbons (Fsp3) is 0.600. The molecular weight excluding hydrogens is 388 g/mol. The van der Waals surface area contributed by atoms with Gasteiger partial charge in [0.25, 0.3) is 0 Å². The van der Waals surface area contributed by atoms with Gasteiger partial charge in [0.15, 0.2) is 0 Å². The van der Waals surface area contributed by atoms with Crippen LogP contribution in [0.3, 0.4) is 0 Å². The van der Waals surface area contributed by atoms with Crippen molar-refractivity contribution in [2.45, 2.75) is 95.8 Å². The van der Waals surface area contributed by atoms with Crippen molar-refractivity contribution in [3.05, 3.63) is 59.7 Å². The summed E-state index contributed by atoms with van der Waals surface area (Å²) in [6, 6.07) is 17.3. The van der Waals surface area contributed by atoms with Crippen LogP contribution in [0.15, 0.2) is 48.5 Å². The quantitative estimate of drug-likeness (QED) is 0.327. The van der Waals surface area contributed by atoms with E-state index in [9.17, 15) is 0 Å². The van der Waals surface area contributed by atoms with Gasteiger partial charge in [0.05, 0.1) is 0 Å². The molecule has 2 aromatic carbocycles. The summed E-state index contributed by atoms with van der Waals surface area (Å²) in [6.45, 7) is 2.32. The van der Waals surface area contributed by atoms with Crippen LogP contribution in [0.5, 0.6) is 0 Å². The Labute approximate surface area is 196 Å². The summed E-state index contributed by atoms with van der Waals surface area (Å²) >= 11 is 0. The molecule has 2 saturated carbocycles. The third-order valence-electron chi connectivity index (χ3n) is 8.73. The average molecular weight is 433 g/mol. The fourth-order valence-electron chi connectivity index (χ4n) is 6.66. The topological polar surface area (TPSA) is 52.0 Å². The van der Waals surface area contributed by atoms with Crippen molar-refractivity contribution in [3.63, 3.8) is 0 Å². The number of hydrogen-bond acceptors (Lipinski definition) is 2. The van der Waals surface area contributed by atoms with E-state index in [1.165, 1.54) is 94.6 Å². The Morgan fingerprint density at radius 3 is 1.62 bits per heavy atom. The maximum absolute atomic E-state index is 6.01. The molecule has 0 aromatic heterocycles. The monoisotopic (exact) mass is 432 g/mol. The van der Waals surface area contributed by atoms with Crippen molar-refractivity contribution in [1.82, 2.24) is 0 Å². The largest absolute Gasteiger partial charge is 0.399 e. The van der Waals surface area contributed by atoms with E-state index in [-0.39, 0.29) is 5.41 Å². The first-order chi connectivity index (χ1) is 15.6. The lowest BCUT2D eigenvalue weighted by Crippen LogP contribution is -2.34.